The minimum atomic E-state index is -0.227. The van der Waals surface area contributed by atoms with Crippen molar-refractivity contribution in [3.63, 3.8) is 0 Å². The Hall–Kier alpha value is -1.42. The Labute approximate surface area is 95.9 Å². The first-order valence-corrected chi connectivity index (χ1v) is 5.59. The first-order chi connectivity index (χ1) is 7.83. The van der Waals surface area contributed by atoms with Crippen molar-refractivity contribution in [1.82, 2.24) is 0 Å². The van der Waals surface area contributed by atoms with E-state index >= 15 is 0 Å². The topological polar surface area (TPSA) is 54.2 Å². The first-order valence-electron chi connectivity index (χ1n) is 5.59. The zero-order chi connectivity index (χ0) is 11.6. The Morgan fingerprint density at radius 1 is 1.31 bits per heavy atom. The molecule has 0 aromatic heterocycles. The van der Waals surface area contributed by atoms with E-state index in [4.69, 9.17) is 4.84 Å². The van der Waals surface area contributed by atoms with Crippen molar-refractivity contribution in [1.29, 1.82) is 0 Å². The number of hydrogen-bond acceptors (Lipinski definition) is 4. The van der Waals surface area contributed by atoms with Gasteiger partial charge in [-0.25, -0.2) is 0 Å². The van der Waals surface area contributed by atoms with Crippen LogP contribution in [-0.2, 0) is 4.84 Å². The summed E-state index contributed by atoms with van der Waals surface area (Å²) in [6.45, 7) is 2.45. The molecule has 4 nitrogen and oxygen atoms in total. The molecule has 0 radical (unpaired) electrons. The Bertz CT molecular complexity index is 301. The van der Waals surface area contributed by atoms with Gasteiger partial charge < -0.3 is 9.94 Å². The molecule has 0 amide bonds. The molecule has 0 aliphatic carbocycles. The van der Waals surface area contributed by atoms with Crippen LogP contribution in [0.2, 0.25) is 0 Å². The van der Waals surface area contributed by atoms with Gasteiger partial charge in [0, 0.05) is 5.28 Å². The predicted octanol–water partition coefficient (Wildman–Crippen LogP) is 3.25. The number of hydrogen-bond donors (Lipinski definition) is 1. The average Bonchev–Trinajstić information content (AvgIpc) is 2.34. The maximum absolute atomic E-state index is 9.28. The van der Waals surface area contributed by atoms with Gasteiger partial charge in [0.1, 0.15) is 6.61 Å². The minimum absolute atomic E-state index is 0.227. The van der Waals surface area contributed by atoms with E-state index in [1.807, 2.05) is 37.3 Å². The maximum Gasteiger partial charge on any atom is 0.119 e. The summed E-state index contributed by atoms with van der Waals surface area (Å²) in [6.07, 6.45) is 2.10. The van der Waals surface area contributed by atoms with E-state index in [9.17, 15) is 5.11 Å². The highest BCUT2D eigenvalue weighted by atomic mass is 16.6. The average molecular weight is 222 g/mol. The number of aliphatic hydroxyl groups excluding tert-OH is 1. The van der Waals surface area contributed by atoms with Gasteiger partial charge in [0.05, 0.1) is 11.8 Å². The van der Waals surface area contributed by atoms with E-state index in [-0.39, 0.29) is 6.10 Å². The van der Waals surface area contributed by atoms with Crippen molar-refractivity contribution in [3.05, 3.63) is 30.3 Å². The lowest BCUT2D eigenvalue weighted by atomic mass is 10.2. The van der Waals surface area contributed by atoms with Gasteiger partial charge in [0.25, 0.3) is 0 Å². The van der Waals surface area contributed by atoms with Crippen molar-refractivity contribution in [2.45, 2.75) is 32.3 Å². The smallest absolute Gasteiger partial charge is 0.119 e. The quantitative estimate of drug-likeness (QED) is 0.437. The maximum atomic E-state index is 9.28. The zero-order valence-corrected chi connectivity index (χ0v) is 9.54. The van der Waals surface area contributed by atoms with E-state index < -0.39 is 0 Å². The predicted molar refractivity (Wildman–Crippen MR) is 62.4 cm³/mol. The van der Waals surface area contributed by atoms with Crippen LogP contribution < -0.4 is 0 Å². The zero-order valence-electron chi connectivity index (χ0n) is 9.54. The lowest BCUT2D eigenvalue weighted by Gasteiger charge is -2.05. The third-order valence-electron chi connectivity index (χ3n) is 2.21. The Morgan fingerprint density at radius 3 is 2.75 bits per heavy atom. The molecule has 0 saturated heterocycles. The summed E-state index contributed by atoms with van der Waals surface area (Å²) in [7, 11) is 0. The lowest BCUT2D eigenvalue weighted by Crippen LogP contribution is -2.05. The molecule has 1 aromatic rings. The van der Waals surface area contributed by atoms with Gasteiger partial charge in [0.2, 0.25) is 0 Å². The molecule has 0 bridgehead atoms. The fraction of sp³-hybridized carbons (Fsp3) is 0.500. The number of aliphatic hydroxyl groups is 1. The molecule has 0 heterocycles. The van der Waals surface area contributed by atoms with Crippen LogP contribution in [0.3, 0.4) is 0 Å². The third kappa shape index (κ3) is 5.46. The van der Waals surface area contributed by atoms with Crippen LogP contribution in [0.5, 0.6) is 0 Å². The molecule has 0 aliphatic rings. The Kier molecular flexibility index (Phi) is 6.18. The molecular formula is C12H18N2O2. The monoisotopic (exact) mass is 222 g/mol. The molecule has 1 unspecified atom stereocenters. The second-order valence-corrected chi connectivity index (χ2v) is 3.55. The highest BCUT2D eigenvalue weighted by Crippen LogP contribution is 2.10. The van der Waals surface area contributed by atoms with E-state index in [1.54, 1.807) is 0 Å². The molecule has 0 fully saturated rings. The van der Waals surface area contributed by atoms with Gasteiger partial charge in [-0.05, 0) is 31.4 Å². The molecule has 0 aliphatic heterocycles. The van der Waals surface area contributed by atoms with Crippen molar-refractivity contribution in [3.8, 4) is 0 Å². The third-order valence-corrected chi connectivity index (χ3v) is 2.21. The van der Waals surface area contributed by atoms with Crippen molar-refractivity contribution in [2.75, 3.05) is 6.61 Å². The van der Waals surface area contributed by atoms with Gasteiger partial charge in [-0.1, -0.05) is 25.1 Å². The summed E-state index contributed by atoms with van der Waals surface area (Å²) < 4.78 is 0. The summed E-state index contributed by atoms with van der Waals surface area (Å²) >= 11 is 0. The van der Waals surface area contributed by atoms with Gasteiger partial charge in [-0.2, -0.15) is 0 Å². The van der Waals surface area contributed by atoms with Crippen LogP contribution in [0.4, 0.5) is 5.69 Å². The van der Waals surface area contributed by atoms with Gasteiger partial charge in [0.15, 0.2) is 0 Å². The summed E-state index contributed by atoms with van der Waals surface area (Å²) in [6, 6.07) is 9.42. The Morgan fingerprint density at radius 2 is 2.06 bits per heavy atom. The highest BCUT2D eigenvalue weighted by molar-refractivity contribution is 5.34. The van der Waals surface area contributed by atoms with E-state index in [0.717, 1.165) is 24.9 Å². The normalized spacial score (nSPS) is 12.9. The molecule has 1 N–H and O–H groups in total. The van der Waals surface area contributed by atoms with E-state index in [0.29, 0.717) is 6.61 Å². The summed E-state index contributed by atoms with van der Waals surface area (Å²) in [5.41, 5.74) is 0.774. The summed E-state index contributed by atoms with van der Waals surface area (Å²) in [4.78, 5) is 4.98. The summed E-state index contributed by atoms with van der Waals surface area (Å²) in [5, 5.41) is 16.8. The van der Waals surface area contributed by atoms with Crippen LogP contribution >= 0.6 is 0 Å². The Balaban J connectivity index is 2.09. The van der Waals surface area contributed by atoms with Crippen LogP contribution in [0.25, 0.3) is 0 Å². The second kappa shape index (κ2) is 7.82. The SMILES string of the molecule is CCC(O)CCCON=Nc1ccccc1. The molecular weight excluding hydrogens is 204 g/mol. The van der Waals surface area contributed by atoms with Crippen LogP contribution in [0.15, 0.2) is 40.7 Å². The first kappa shape index (κ1) is 12.6. The highest BCUT2D eigenvalue weighted by Gasteiger charge is 1.99. The molecule has 4 heteroatoms. The fourth-order valence-corrected chi connectivity index (χ4v) is 1.20. The summed E-state index contributed by atoms with van der Waals surface area (Å²) in [5.74, 6) is 0. The van der Waals surface area contributed by atoms with Crippen molar-refractivity contribution < 1.29 is 9.94 Å². The molecule has 0 saturated carbocycles. The molecule has 1 rings (SSSR count). The van der Waals surface area contributed by atoms with Gasteiger partial charge in [-0.3, -0.25) is 0 Å². The number of nitrogens with zero attached hydrogens (tertiary/aromatic N) is 2. The molecule has 88 valence electrons. The van der Waals surface area contributed by atoms with E-state index in [1.165, 1.54) is 0 Å². The number of rotatable bonds is 7. The van der Waals surface area contributed by atoms with Crippen molar-refractivity contribution in [2.24, 2.45) is 10.4 Å². The fourth-order valence-electron chi connectivity index (χ4n) is 1.20. The van der Waals surface area contributed by atoms with E-state index in [2.05, 4.69) is 10.4 Å². The van der Waals surface area contributed by atoms with Crippen molar-refractivity contribution >= 4 is 5.69 Å². The number of benzene rings is 1. The molecule has 1 atom stereocenters. The van der Waals surface area contributed by atoms with Crippen LogP contribution in [0.1, 0.15) is 26.2 Å². The van der Waals surface area contributed by atoms with Crippen LogP contribution in [-0.4, -0.2) is 17.8 Å². The van der Waals surface area contributed by atoms with Crippen LogP contribution in [0, 0.1) is 0 Å². The minimum Gasteiger partial charge on any atom is -0.393 e. The standard InChI is InChI=1S/C12H18N2O2/c1-2-12(15)9-6-10-16-14-13-11-7-4-3-5-8-11/h3-5,7-8,12,15H,2,6,9-10H2,1H3. The molecule has 0 spiro atoms. The molecule has 1 aromatic carbocycles. The molecule has 16 heavy (non-hydrogen) atoms. The van der Waals surface area contributed by atoms with Gasteiger partial charge >= 0.3 is 0 Å². The van der Waals surface area contributed by atoms with Gasteiger partial charge in [-0.15, -0.1) is 5.11 Å². The largest absolute Gasteiger partial charge is 0.393 e. The second-order valence-electron chi connectivity index (χ2n) is 3.55. The lowest BCUT2D eigenvalue weighted by molar-refractivity contribution is 0.0994.